The normalized spacial score (nSPS) is 22.7. The Kier molecular flexibility index (Phi) is 4.99. The predicted octanol–water partition coefficient (Wildman–Crippen LogP) is 8.12. The zero-order chi connectivity index (χ0) is 24.4. The summed E-state index contributed by atoms with van der Waals surface area (Å²) in [6.07, 6.45) is 3.21. The van der Waals surface area contributed by atoms with Gasteiger partial charge in [-0.25, -0.2) is 0 Å². The Morgan fingerprint density at radius 1 is 0.722 bits per heavy atom. The van der Waals surface area contributed by atoms with Gasteiger partial charge in [0, 0.05) is 11.8 Å². The lowest BCUT2D eigenvalue weighted by Gasteiger charge is -2.22. The van der Waals surface area contributed by atoms with Crippen LogP contribution in [0, 0.1) is 0 Å². The Morgan fingerprint density at radius 3 is 1.75 bits per heavy atom. The van der Waals surface area contributed by atoms with E-state index in [2.05, 4.69) is 106 Å². The lowest BCUT2D eigenvalue weighted by Crippen LogP contribution is -2.15. The van der Waals surface area contributed by atoms with Crippen molar-refractivity contribution in [2.45, 2.75) is 57.3 Å². The van der Waals surface area contributed by atoms with Crippen LogP contribution in [0.2, 0.25) is 0 Å². The summed E-state index contributed by atoms with van der Waals surface area (Å²) in [4.78, 5) is 0. The summed E-state index contributed by atoms with van der Waals surface area (Å²) in [5.74, 6) is 0. The number of rotatable bonds is 6. The molecule has 3 atom stereocenters. The van der Waals surface area contributed by atoms with E-state index in [9.17, 15) is 0 Å². The van der Waals surface area contributed by atoms with E-state index in [0.717, 1.165) is 19.4 Å². The van der Waals surface area contributed by atoms with Gasteiger partial charge < -0.3 is 9.47 Å². The van der Waals surface area contributed by atoms with Crippen molar-refractivity contribution < 1.29 is 9.47 Å². The number of fused-ring (bicyclic) bond motifs is 3. The van der Waals surface area contributed by atoms with Crippen molar-refractivity contribution >= 4 is 0 Å². The molecule has 3 unspecified atom stereocenters. The van der Waals surface area contributed by atoms with Crippen LogP contribution in [-0.4, -0.2) is 18.8 Å². The molecule has 2 aliphatic heterocycles. The SMILES string of the molecule is CCC1OC1c1ccc(-c2ccc3c(c2)C(C)(C)c2cc(-c4ccc(CC5CO5)cc4)ccc2-3)cc1. The second-order valence-electron chi connectivity index (χ2n) is 11.1. The fourth-order valence-electron chi connectivity index (χ4n) is 5.99. The molecule has 0 amide bonds. The second-order valence-corrected chi connectivity index (χ2v) is 11.1. The van der Waals surface area contributed by atoms with E-state index in [1.54, 1.807) is 0 Å². The highest BCUT2D eigenvalue weighted by atomic mass is 16.6. The van der Waals surface area contributed by atoms with Crippen LogP contribution in [0.3, 0.4) is 0 Å². The van der Waals surface area contributed by atoms with Crippen LogP contribution < -0.4 is 0 Å². The summed E-state index contributed by atoms with van der Waals surface area (Å²) >= 11 is 0. The maximum Gasteiger partial charge on any atom is 0.109 e. The molecule has 7 rings (SSSR count). The molecule has 2 heteroatoms. The quantitative estimate of drug-likeness (QED) is 0.265. The molecule has 0 aromatic heterocycles. The van der Waals surface area contributed by atoms with Crippen molar-refractivity contribution in [3.05, 3.63) is 107 Å². The van der Waals surface area contributed by atoms with Gasteiger partial charge in [-0.05, 0) is 74.2 Å². The van der Waals surface area contributed by atoms with E-state index in [1.165, 1.54) is 55.6 Å². The monoisotopic (exact) mass is 472 g/mol. The Morgan fingerprint density at radius 2 is 1.25 bits per heavy atom. The van der Waals surface area contributed by atoms with Gasteiger partial charge in [0.25, 0.3) is 0 Å². The Bertz CT molecular complexity index is 1440. The van der Waals surface area contributed by atoms with Crippen molar-refractivity contribution in [3.8, 4) is 33.4 Å². The van der Waals surface area contributed by atoms with E-state index >= 15 is 0 Å². The van der Waals surface area contributed by atoms with Crippen LogP contribution >= 0.6 is 0 Å². The molecule has 36 heavy (non-hydrogen) atoms. The van der Waals surface area contributed by atoms with Gasteiger partial charge in [-0.2, -0.15) is 0 Å². The largest absolute Gasteiger partial charge is 0.373 e. The van der Waals surface area contributed by atoms with Crippen LogP contribution in [0.15, 0.2) is 84.9 Å². The fraction of sp³-hybridized carbons (Fsp3) is 0.294. The highest BCUT2D eigenvalue weighted by Gasteiger charge is 2.38. The van der Waals surface area contributed by atoms with Gasteiger partial charge >= 0.3 is 0 Å². The molecule has 180 valence electrons. The van der Waals surface area contributed by atoms with Crippen molar-refractivity contribution in [2.75, 3.05) is 6.61 Å². The first-order valence-electron chi connectivity index (χ1n) is 13.3. The third-order valence-corrected chi connectivity index (χ3v) is 8.39. The van der Waals surface area contributed by atoms with Crippen molar-refractivity contribution in [2.24, 2.45) is 0 Å². The maximum atomic E-state index is 5.78. The number of ether oxygens (including phenoxy) is 2. The molecule has 0 saturated carbocycles. The predicted molar refractivity (Wildman–Crippen MR) is 146 cm³/mol. The zero-order valence-corrected chi connectivity index (χ0v) is 21.3. The average Bonchev–Trinajstić information content (AvgIpc) is 3.84. The molecule has 0 spiro atoms. The first kappa shape index (κ1) is 22.0. The summed E-state index contributed by atoms with van der Waals surface area (Å²) in [7, 11) is 0. The number of benzene rings is 4. The van der Waals surface area contributed by atoms with E-state index in [4.69, 9.17) is 9.47 Å². The molecule has 4 aromatic carbocycles. The van der Waals surface area contributed by atoms with Crippen LogP contribution in [0.1, 0.15) is 55.5 Å². The third kappa shape index (κ3) is 3.72. The standard InChI is InChI=1S/C34H32O2/c1-4-32-33(36-32)24-11-9-23(10-12-24)26-14-16-29-28-15-13-25(18-30(28)34(2,3)31(29)19-26)22-7-5-21(6-8-22)17-27-20-35-27/h5-16,18-19,27,32-33H,4,17,20H2,1-3H3. The first-order chi connectivity index (χ1) is 17.5. The van der Waals surface area contributed by atoms with Crippen LogP contribution in [0.25, 0.3) is 33.4 Å². The van der Waals surface area contributed by atoms with Gasteiger partial charge in [0.1, 0.15) is 6.10 Å². The number of hydrogen-bond donors (Lipinski definition) is 0. The van der Waals surface area contributed by atoms with Gasteiger partial charge in [-0.1, -0.05) is 93.6 Å². The van der Waals surface area contributed by atoms with Crippen molar-refractivity contribution in [1.82, 2.24) is 0 Å². The summed E-state index contributed by atoms with van der Waals surface area (Å²) in [5.41, 5.74) is 13.2. The summed E-state index contributed by atoms with van der Waals surface area (Å²) in [6.45, 7) is 7.82. The molecule has 2 nitrogen and oxygen atoms in total. The highest BCUT2D eigenvalue weighted by molar-refractivity contribution is 5.85. The smallest absolute Gasteiger partial charge is 0.109 e. The fourth-order valence-corrected chi connectivity index (χ4v) is 5.99. The third-order valence-electron chi connectivity index (χ3n) is 8.39. The van der Waals surface area contributed by atoms with Crippen molar-refractivity contribution in [1.29, 1.82) is 0 Å². The minimum Gasteiger partial charge on any atom is -0.373 e. The molecule has 3 aliphatic rings. The zero-order valence-electron chi connectivity index (χ0n) is 21.3. The molecule has 2 saturated heterocycles. The lowest BCUT2D eigenvalue weighted by atomic mass is 9.81. The molecule has 1 aliphatic carbocycles. The molecule has 4 aromatic rings. The molecule has 2 fully saturated rings. The van der Waals surface area contributed by atoms with Gasteiger partial charge in [-0.15, -0.1) is 0 Å². The van der Waals surface area contributed by atoms with Gasteiger partial charge in [0.2, 0.25) is 0 Å². The van der Waals surface area contributed by atoms with E-state index in [0.29, 0.717) is 12.2 Å². The second kappa shape index (κ2) is 8.16. The topological polar surface area (TPSA) is 25.1 Å². The molecule has 2 heterocycles. The van der Waals surface area contributed by atoms with Gasteiger partial charge in [0.15, 0.2) is 0 Å². The molecule has 0 radical (unpaired) electrons. The Balaban J connectivity index is 1.18. The van der Waals surface area contributed by atoms with Crippen LogP contribution in [-0.2, 0) is 21.3 Å². The molecular weight excluding hydrogens is 440 g/mol. The summed E-state index contributed by atoms with van der Waals surface area (Å²) < 4.78 is 11.2. The average molecular weight is 473 g/mol. The van der Waals surface area contributed by atoms with Crippen LogP contribution in [0.5, 0.6) is 0 Å². The summed E-state index contributed by atoms with van der Waals surface area (Å²) in [6, 6.07) is 32.0. The van der Waals surface area contributed by atoms with Gasteiger partial charge in [0.05, 0.1) is 18.8 Å². The minimum absolute atomic E-state index is 0.0456. The molecular formula is C34H32O2. The molecule has 0 N–H and O–H groups in total. The van der Waals surface area contributed by atoms with Crippen molar-refractivity contribution in [3.63, 3.8) is 0 Å². The highest BCUT2D eigenvalue weighted by Crippen LogP contribution is 2.50. The maximum absolute atomic E-state index is 5.78. The van der Waals surface area contributed by atoms with E-state index < -0.39 is 0 Å². The number of hydrogen-bond acceptors (Lipinski definition) is 2. The van der Waals surface area contributed by atoms with Gasteiger partial charge in [-0.3, -0.25) is 0 Å². The molecule has 0 bridgehead atoms. The number of epoxide rings is 2. The van der Waals surface area contributed by atoms with E-state index in [-0.39, 0.29) is 11.5 Å². The Hall–Kier alpha value is -3.20. The lowest BCUT2D eigenvalue weighted by molar-refractivity contribution is 0.370. The first-order valence-corrected chi connectivity index (χ1v) is 13.3. The Labute approximate surface area is 213 Å². The van der Waals surface area contributed by atoms with Crippen LogP contribution in [0.4, 0.5) is 0 Å². The van der Waals surface area contributed by atoms with E-state index in [1.807, 2.05) is 0 Å². The minimum atomic E-state index is -0.0456. The summed E-state index contributed by atoms with van der Waals surface area (Å²) in [5, 5.41) is 0.